The molecular formula is C19H29N3O4. The molecule has 0 unspecified atom stereocenters. The molecule has 7 nitrogen and oxygen atoms in total. The fourth-order valence-corrected chi connectivity index (χ4v) is 2.78. The number of nitrogens with zero attached hydrogens (tertiary/aromatic N) is 2. The highest BCUT2D eigenvalue weighted by atomic mass is 16.6. The Labute approximate surface area is 155 Å². The van der Waals surface area contributed by atoms with E-state index in [0.29, 0.717) is 19.6 Å². The number of piperazine rings is 1. The van der Waals surface area contributed by atoms with Crippen molar-refractivity contribution in [2.75, 3.05) is 19.6 Å². The molecule has 1 aliphatic heterocycles. The van der Waals surface area contributed by atoms with E-state index in [1.54, 1.807) is 9.80 Å². The molecule has 2 rings (SSSR count). The molecule has 1 heterocycles. The average Bonchev–Trinajstić information content (AvgIpc) is 2.58. The lowest BCUT2D eigenvalue weighted by molar-refractivity contribution is -0.00131. The summed E-state index contributed by atoms with van der Waals surface area (Å²) in [6, 6.07) is 8.88. The second kappa shape index (κ2) is 8.40. The molecule has 0 aliphatic carbocycles. The van der Waals surface area contributed by atoms with Gasteiger partial charge in [-0.2, -0.15) is 0 Å². The van der Waals surface area contributed by atoms with Crippen LogP contribution in [-0.2, 0) is 16.1 Å². The van der Waals surface area contributed by atoms with Crippen LogP contribution in [0.5, 0.6) is 0 Å². The first-order valence-corrected chi connectivity index (χ1v) is 8.88. The van der Waals surface area contributed by atoms with E-state index in [2.05, 4.69) is 0 Å². The minimum Gasteiger partial charge on any atom is -0.445 e. The molecule has 7 heteroatoms. The number of benzene rings is 1. The molecule has 0 saturated carbocycles. The average molecular weight is 363 g/mol. The van der Waals surface area contributed by atoms with E-state index in [4.69, 9.17) is 15.2 Å². The number of nitrogens with two attached hydrogens (primary N) is 1. The smallest absolute Gasteiger partial charge is 0.410 e. The lowest BCUT2D eigenvalue weighted by Gasteiger charge is -2.42. The van der Waals surface area contributed by atoms with Gasteiger partial charge in [0.1, 0.15) is 12.2 Å². The van der Waals surface area contributed by atoms with E-state index in [0.717, 1.165) is 5.56 Å². The maximum Gasteiger partial charge on any atom is 0.410 e. The summed E-state index contributed by atoms with van der Waals surface area (Å²) in [5.74, 6) is 0. The highest BCUT2D eigenvalue weighted by Gasteiger charge is 2.36. The van der Waals surface area contributed by atoms with Gasteiger partial charge in [0.2, 0.25) is 0 Å². The Morgan fingerprint density at radius 2 is 1.85 bits per heavy atom. The van der Waals surface area contributed by atoms with Gasteiger partial charge in [-0.3, -0.25) is 0 Å². The van der Waals surface area contributed by atoms with E-state index in [1.807, 2.05) is 58.0 Å². The molecule has 1 aromatic rings. The quantitative estimate of drug-likeness (QED) is 0.892. The van der Waals surface area contributed by atoms with Gasteiger partial charge in [0, 0.05) is 25.7 Å². The standard InChI is InChI=1S/C19H29N3O4/c1-14(20)16-12-21(17(23)26-19(2,3)4)10-11-22(16)18(24)25-13-15-8-6-5-7-9-15/h5-9,14,16H,10-13,20H2,1-4H3/t14-,16+/m0/s1. The van der Waals surface area contributed by atoms with Crippen LogP contribution >= 0.6 is 0 Å². The van der Waals surface area contributed by atoms with Gasteiger partial charge in [-0.25, -0.2) is 9.59 Å². The second-order valence-corrected chi connectivity index (χ2v) is 7.59. The predicted molar refractivity (Wildman–Crippen MR) is 98.6 cm³/mol. The minimum atomic E-state index is -0.563. The van der Waals surface area contributed by atoms with Crippen LogP contribution in [0.2, 0.25) is 0 Å². The molecule has 144 valence electrons. The molecule has 1 saturated heterocycles. The molecular weight excluding hydrogens is 334 g/mol. The molecule has 2 atom stereocenters. The summed E-state index contributed by atoms with van der Waals surface area (Å²) >= 11 is 0. The Bertz CT molecular complexity index is 613. The van der Waals surface area contributed by atoms with Crippen LogP contribution in [0.25, 0.3) is 0 Å². The van der Waals surface area contributed by atoms with Crippen molar-refractivity contribution in [3.63, 3.8) is 0 Å². The lowest BCUT2D eigenvalue weighted by Crippen LogP contribution is -2.62. The van der Waals surface area contributed by atoms with Crippen molar-refractivity contribution in [2.24, 2.45) is 5.73 Å². The normalized spacial score (nSPS) is 19.0. The SMILES string of the molecule is C[C@H](N)[C@H]1CN(C(=O)OC(C)(C)C)CCN1C(=O)OCc1ccccc1. The molecule has 1 fully saturated rings. The summed E-state index contributed by atoms with van der Waals surface area (Å²) in [6.07, 6.45) is -0.805. The zero-order valence-electron chi connectivity index (χ0n) is 16.0. The Morgan fingerprint density at radius 3 is 2.42 bits per heavy atom. The first-order chi connectivity index (χ1) is 12.2. The molecule has 1 aliphatic rings. The Hall–Kier alpha value is -2.28. The van der Waals surface area contributed by atoms with E-state index < -0.39 is 11.7 Å². The van der Waals surface area contributed by atoms with Gasteiger partial charge in [0.05, 0.1) is 6.04 Å². The van der Waals surface area contributed by atoms with E-state index in [1.165, 1.54) is 0 Å². The fourth-order valence-electron chi connectivity index (χ4n) is 2.78. The summed E-state index contributed by atoms with van der Waals surface area (Å²) in [5.41, 5.74) is 6.42. The van der Waals surface area contributed by atoms with Gasteiger partial charge in [-0.15, -0.1) is 0 Å². The predicted octanol–water partition coefficient (Wildman–Crippen LogP) is 2.59. The molecule has 1 aromatic carbocycles. The number of rotatable bonds is 3. The molecule has 0 aromatic heterocycles. The largest absolute Gasteiger partial charge is 0.445 e. The highest BCUT2D eigenvalue weighted by Crippen LogP contribution is 2.18. The van der Waals surface area contributed by atoms with Gasteiger partial charge in [0.25, 0.3) is 0 Å². The van der Waals surface area contributed by atoms with E-state index in [-0.39, 0.29) is 24.8 Å². The summed E-state index contributed by atoms with van der Waals surface area (Å²) in [6.45, 7) is 8.57. The lowest BCUT2D eigenvalue weighted by atomic mass is 10.1. The van der Waals surface area contributed by atoms with Crippen molar-refractivity contribution in [3.05, 3.63) is 35.9 Å². The number of hydrogen-bond donors (Lipinski definition) is 1. The van der Waals surface area contributed by atoms with E-state index >= 15 is 0 Å². The summed E-state index contributed by atoms with van der Waals surface area (Å²) in [7, 11) is 0. The Balaban J connectivity index is 1.97. The maximum atomic E-state index is 12.5. The fraction of sp³-hybridized carbons (Fsp3) is 0.579. The van der Waals surface area contributed by atoms with Crippen molar-refractivity contribution in [1.82, 2.24) is 9.80 Å². The molecule has 0 bridgehead atoms. The van der Waals surface area contributed by atoms with Crippen LogP contribution in [0.1, 0.15) is 33.3 Å². The second-order valence-electron chi connectivity index (χ2n) is 7.59. The van der Waals surface area contributed by atoms with Gasteiger partial charge in [0.15, 0.2) is 0 Å². The summed E-state index contributed by atoms with van der Waals surface area (Å²) < 4.78 is 10.8. The zero-order chi connectivity index (χ0) is 19.3. The van der Waals surface area contributed by atoms with Crippen molar-refractivity contribution in [1.29, 1.82) is 0 Å². The van der Waals surface area contributed by atoms with Gasteiger partial charge in [-0.1, -0.05) is 30.3 Å². The van der Waals surface area contributed by atoms with Crippen molar-refractivity contribution < 1.29 is 19.1 Å². The number of carbonyl (C=O) groups is 2. The Kier molecular flexibility index (Phi) is 6.47. The van der Waals surface area contributed by atoms with E-state index in [9.17, 15) is 9.59 Å². The molecule has 26 heavy (non-hydrogen) atoms. The first kappa shape index (κ1) is 20.0. The first-order valence-electron chi connectivity index (χ1n) is 8.88. The highest BCUT2D eigenvalue weighted by molar-refractivity contribution is 5.71. The van der Waals surface area contributed by atoms with Crippen LogP contribution < -0.4 is 5.73 Å². The number of ether oxygens (including phenoxy) is 2. The minimum absolute atomic E-state index is 0.206. The van der Waals surface area contributed by atoms with Crippen molar-refractivity contribution >= 4 is 12.2 Å². The molecule has 2 N–H and O–H groups in total. The Morgan fingerprint density at radius 1 is 1.19 bits per heavy atom. The van der Waals surface area contributed by atoms with Crippen molar-refractivity contribution in [2.45, 2.75) is 52.0 Å². The summed E-state index contributed by atoms with van der Waals surface area (Å²) in [5, 5.41) is 0. The molecule has 0 radical (unpaired) electrons. The zero-order valence-corrected chi connectivity index (χ0v) is 16.0. The van der Waals surface area contributed by atoms with Crippen LogP contribution in [0.15, 0.2) is 30.3 Å². The van der Waals surface area contributed by atoms with Crippen molar-refractivity contribution in [3.8, 4) is 0 Å². The van der Waals surface area contributed by atoms with Gasteiger partial charge >= 0.3 is 12.2 Å². The third-order valence-electron chi connectivity index (χ3n) is 4.12. The van der Waals surface area contributed by atoms with Gasteiger partial charge < -0.3 is 25.0 Å². The summed E-state index contributed by atoms with van der Waals surface area (Å²) in [4.78, 5) is 28.0. The van der Waals surface area contributed by atoms with Gasteiger partial charge in [-0.05, 0) is 33.3 Å². The maximum absolute atomic E-state index is 12.5. The van der Waals surface area contributed by atoms with Crippen LogP contribution in [0.4, 0.5) is 9.59 Å². The van der Waals surface area contributed by atoms with Crippen LogP contribution in [0.3, 0.4) is 0 Å². The topological polar surface area (TPSA) is 85.1 Å². The third kappa shape index (κ3) is 5.62. The molecule has 2 amide bonds. The van der Waals surface area contributed by atoms with Crippen LogP contribution in [-0.4, -0.2) is 59.3 Å². The number of carbonyl (C=O) groups excluding carboxylic acids is 2. The number of hydrogen-bond acceptors (Lipinski definition) is 5. The van der Waals surface area contributed by atoms with Crippen LogP contribution in [0, 0.1) is 0 Å². The molecule has 0 spiro atoms. The third-order valence-corrected chi connectivity index (χ3v) is 4.12. The monoisotopic (exact) mass is 363 g/mol. The number of amides is 2.